The van der Waals surface area contributed by atoms with Crippen LogP contribution in [0.15, 0.2) is 24.3 Å². The van der Waals surface area contributed by atoms with Gasteiger partial charge in [0, 0.05) is 12.8 Å². The molecule has 0 aromatic rings. The number of ether oxygens (including phenoxy) is 1. The van der Waals surface area contributed by atoms with E-state index in [0.717, 1.165) is 44.9 Å². The number of hydrogen-bond donors (Lipinski definition) is 3. The number of carbonyl (C=O) groups excluding carboxylic acids is 2. The molecule has 0 heterocycles. The van der Waals surface area contributed by atoms with Crippen LogP contribution in [0.5, 0.6) is 0 Å². The predicted octanol–water partition coefficient (Wildman–Crippen LogP) is 26.0. The number of aliphatic hydroxyl groups is 2. The van der Waals surface area contributed by atoms with E-state index < -0.39 is 12.1 Å². The van der Waals surface area contributed by atoms with Gasteiger partial charge in [0.15, 0.2) is 0 Å². The molecule has 0 aromatic carbocycles. The molecule has 0 radical (unpaired) electrons. The Balaban J connectivity index is 3.32. The highest BCUT2D eigenvalue weighted by Crippen LogP contribution is 2.20. The van der Waals surface area contributed by atoms with Crippen LogP contribution in [0, 0.1) is 0 Å². The number of aliphatic hydroxyl groups excluding tert-OH is 2. The molecule has 0 bridgehead atoms. The van der Waals surface area contributed by atoms with E-state index in [-0.39, 0.29) is 18.5 Å². The third kappa shape index (κ3) is 71.4. The van der Waals surface area contributed by atoms with Crippen LogP contribution in [0.3, 0.4) is 0 Å². The molecule has 1 amide bonds. The van der Waals surface area contributed by atoms with Crippen molar-refractivity contribution in [2.45, 2.75) is 463 Å². The average molecular weight is 1210 g/mol. The summed E-state index contributed by atoms with van der Waals surface area (Å²) in [6.45, 7) is 4.96. The molecule has 0 rings (SSSR count). The highest BCUT2D eigenvalue weighted by Gasteiger charge is 2.20. The van der Waals surface area contributed by atoms with Crippen LogP contribution in [-0.2, 0) is 14.3 Å². The minimum Gasteiger partial charge on any atom is -0.466 e. The predicted molar refractivity (Wildman–Crippen MR) is 380 cm³/mol. The molecular weight excluding hydrogens is 1050 g/mol. The Labute approximate surface area is 539 Å². The van der Waals surface area contributed by atoms with Gasteiger partial charge in [-0.05, 0) is 70.6 Å². The summed E-state index contributed by atoms with van der Waals surface area (Å²) < 4.78 is 5.47. The van der Waals surface area contributed by atoms with Gasteiger partial charge in [0.05, 0.1) is 25.4 Å². The molecule has 2 atom stereocenters. The largest absolute Gasteiger partial charge is 0.466 e. The van der Waals surface area contributed by atoms with Gasteiger partial charge in [-0.25, -0.2) is 0 Å². The van der Waals surface area contributed by atoms with Crippen LogP contribution in [0.4, 0.5) is 0 Å². The lowest BCUT2D eigenvalue weighted by Gasteiger charge is -2.22. The Bertz CT molecular complexity index is 1350. The van der Waals surface area contributed by atoms with Crippen molar-refractivity contribution in [2.24, 2.45) is 0 Å². The molecule has 86 heavy (non-hydrogen) atoms. The van der Waals surface area contributed by atoms with E-state index in [1.165, 1.54) is 372 Å². The molecule has 510 valence electrons. The molecule has 0 aromatic heterocycles. The van der Waals surface area contributed by atoms with Gasteiger partial charge in [0.2, 0.25) is 5.91 Å². The van der Waals surface area contributed by atoms with Crippen LogP contribution >= 0.6 is 0 Å². The van der Waals surface area contributed by atoms with Crippen LogP contribution in [-0.4, -0.2) is 47.4 Å². The number of hydrogen-bond acceptors (Lipinski definition) is 5. The molecule has 6 nitrogen and oxygen atoms in total. The maximum absolute atomic E-state index is 12.6. The van der Waals surface area contributed by atoms with Gasteiger partial charge in [-0.2, -0.15) is 0 Å². The fourth-order valence-electron chi connectivity index (χ4n) is 12.7. The molecule has 6 heteroatoms. The fraction of sp³-hybridized carbons (Fsp3) is 0.925. The lowest BCUT2D eigenvalue weighted by molar-refractivity contribution is -0.143. The summed E-state index contributed by atoms with van der Waals surface area (Å²) in [5.41, 5.74) is 0. The van der Waals surface area contributed by atoms with E-state index in [1.54, 1.807) is 0 Å². The van der Waals surface area contributed by atoms with Crippen molar-refractivity contribution in [3.8, 4) is 0 Å². The second-order valence-corrected chi connectivity index (χ2v) is 27.4. The van der Waals surface area contributed by atoms with Gasteiger partial charge in [0.25, 0.3) is 0 Å². The van der Waals surface area contributed by atoms with E-state index in [1.807, 2.05) is 0 Å². The van der Waals surface area contributed by atoms with E-state index in [4.69, 9.17) is 4.74 Å². The lowest BCUT2D eigenvalue weighted by atomic mass is 10.0. The van der Waals surface area contributed by atoms with Crippen LogP contribution in [0.2, 0.25) is 0 Å². The Morgan fingerprint density at radius 2 is 0.558 bits per heavy atom. The minimum atomic E-state index is -0.662. The molecule has 0 spiro atoms. The van der Waals surface area contributed by atoms with Crippen molar-refractivity contribution in [3.63, 3.8) is 0 Å². The average Bonchev–Trinajstić information content (AvgIpc) is 3.59. The molecule has 0 aliphatic heterocycles. The Kier molecular flexibility index (Phi) is 74.3. The number of amides is 1. The van der Waals surface area contributed by atoms with E-state index in [2.05, 4.69) is 43.5 Å². The topological polar surface area (TPSA) is 95.9 Å². The lowest BCUT2D eigenvalue weighted by Crippen LogP contribution is -2.45. The van der Waals surface area contributed by atoms with Crippen molar-refractivity contribution in [2.75, 3.05) is 13.2 Å². The van der Waals surface area contributed by atoms with E-state index in [0.29, 0.717) is 25.9 Å². The zero-order chi connectivity index (χ0) is 62.0. The number of rotatable bonds is 75. The van der Waals surface area contributed by atoms with Crippen molar-refractivity contribution in [1.29, 1.82) is 0 Å². The number of unbranched alkanes of at least 4 members (excludes halogenated alkanes) is 60. The third-order valence-corrected chi connectivity index (χ3v) is 18.7. The number of allylic oxidation sites excluding steroid dienone is 4. The first-order chi connectivity index (χ1) is 42.5. The summed E-state index contributed by atoms with van der Waals surface area (Å²) in [7, 11) is 0. The highest BCUT2D eigenvalue weighted by molar-refractivity contribution is 5.76. The molecule has 0 aliphatic rings. The van der Waals surface area contributed by atoms with E-state index in [9.17, 15) is 19.8 Å². The summed E-state index contributed by atoms with van der Waals surface area (Å²) in [6, 6.07) is -0.538. The highest BCUT2D eigenvalue weighted by atomic mass is 16.5. The molecular formula is C80H155NO5. The van der Waals surface area contributed by atoms with Gasteiger partial charge in [-0.1, -0.05) is 391 Å². The molecule has 0 aliphatic carbocycles. The minimum absolute atomic E-state index is 0.0120. The van der Waals surface area contributed by atoms with Crippen LogP contribution in [0.25, 0.3) is 0 Å². The van der Waals surface area contributed by atoms with Gasteiger partial charge in [0.1, 0.15) is 0 Å². The fourth-order valence-corrected chi connectivity index (χ4v) is 12.7. The summed E-state index contributed by atoms with van der Waals surface area (Å²) in [4.78, 5) is 24.6. The number of carbonyl (C=O) groups is 2. The van der Waals surface area contributed by atoms with Gasteiger partial charge < -0.3 is 20.3 Å². The Morgan fingerprint density at radius 3 is 0.860 bits per heavy atom. The first-order valence-corrected chi connectivity index (χ1v) is 39.6. The quantitative estimate of drug-likeness (QED) is 0.0320. The monoisotopic (exact) mass is 1210 g/mol. The van der Waals surface area contributed by atoms with Gasteiger partial charge >= 0.3 is 5.97 Å². The molecule has 0 saturated carbocycles. The zero-order valence-electron chi connectivity index (χ0n) is 58.6. The molecule has 0 fully saturated rings. The second-order valence-electron chi connectivity index (χ2n) is 27.4. The molecule has 0 saturated heterocycles. The second kappa shape index (κ2) is 75.8. The third-order valence-electron chi connectivity index (χ3n) is 18.7. The van der Waals surface area contributed by atoms with Crippen LogP contribution in [0.1, 0.15) is 450 Å². The maximum Gasteiger partial charge on any atom is 0.305 e. The Hall–Kier alpha value is -1.66. The van der Waals surface area contributed by atoms with E-state index >= 15 is 0 Å². The van der Waals surface area contributed by atoms with Crippen molar-refractivity contribution >= 4 is 11.9 Å². The SMILES string of the molecule is CCCC/C=C\CCCCCCCC(=O)OCCCCCCCCCCCCCCCCCCCC/C=C\CCCCCCCCCCCCCCCCCCCC(=O)NC(CO)C(O)CCCCCCCCCCCCCCCCCCCCC. The standard InChI is InChI=1S/C80H155NO5/c1-3-5-7-9-11-13-15-16-17-18-40-43-46-49-53-56-60-64-68-72-78(83)77(76-82)81-79(84)73-69-65-61-57-54-50-47-44-41-38-36-34-32-30-28-26-24-22-20-19-21-23-25-27-29-31-33-35-37-39-42-45-48-51-55-59-63-67-71-75-86-80(85)74-70-66-62-58-52-14-12-10-8-6-4-2/h10,12,19-20,77-78,82-83H,3-9,11,13-18,21-76H2,1-2H3,(H,81,84)/b12-10-,20-19-. The zero-order valence-corrected chi connectivity index (χ0v) is 58.6. The maximum atomic E-state index is 12.6. The van der Waals surface area contributed by atoms with Crippen LogP contribution < -0.4 is 5.32 Å². The van der Waals surface area contributed by atoms with Gasteiger partial charge in [-0.15, -0.1) is 0 Å². The smallest absolute Gasteiger partial charge is 0.305 e. The van der Waals surface area contributed by atoms with Crippen molar-refractivity contribution < 1.29 is 24.5 Å². The van der Waals surface area contributed by atoms with Crippen molar-refractivity contribution in [3.05, 3.63) is 24.3 Å². The normalized spacial score (nSPS) is 12.6. The van der Waals surface area contributed by atoms with Crippen molar-refractivity contribution in [1.82, 2.24) is 5.32 Å². The summed E-state index contributed by atoms with van der Waals surface area (Å²) >= 11 is 0. The Morgan fingerprint density at radius 1 is 0.314 bits per heavy atom. The molecule has 2 unspecified atom stereocenters. The molecule has 3 N–H and O–H groups in total. The summed E-state index contributed by atoms with van der Waals surface area (Å²) in [5.74, 6) is -0.0137. The summed E-state index contributed by atoms with van der Waals surface area (Å²) in [5, 5.41) is 23.4. The summed E-state index contributed by atoms with van der Waals surface area (Å²) in [6.07, 6.45) is 97.1. The van der Waals surface area contributed by atoms with Gasteiger partial charge in [-0.3, -0.25) is 9.59 Å². The first-order valence-electron chi connectivity index (χ1n) is 39.6. The number of esters is 1. The first kappa shape index (κ1) is 84.3. The number of nitrogens with one attached hydrogen (secondary N) is 1.